The van der Waals surface area contributed by atoms with E-state index in [2.05, 4.69) is 17.2 Å². The van der Waals surface area contributed by atoms with Crippen molar-refractivity contribution in [1.82, 2.24) is 5.32 Å². The second-order valence-corrected chi connectivity index (χ2v) is 4.96. The highest BCUT2D eigenvalue weighted by Crippen LogP contribution is 2.19. The summed E-state index contributed by atoms with van der Waals surface area (Å²) in [5.41, 5.74) is 6.93. The summed E-state index contributed by atoms with van der Waals surface area (Å²) in [7, 11) is 0. The van der Waals surface area contributed by atoms with E-state index in [1.165, 1.54) is 0 Å². The molecule has 4 N–H and O–H groups in total. The van der Waals surface area contributed by atoms with Crippen molar-refractivity contribution in [2.45, 2.75) is 12.5 Å². The van der Waals surface area contributed by atoms with Gasteiger partial charge in [-0.2, -0.15) is 0 Å². The summed E-state index contributed by atoms with van der Waals surface area (Å²) < 4.78 is 0. The number of carbonyl (C=O) groups is 2. The van der Waals surface area contributed by atoms with E-state index >= 15 is 0 Å². The second kappa shape index (κ2) is 6.85. The Balaban J connectivity index is 1.93. The van der Waals surface area contributed by atoms with Gasteiger partial charge in [-0.25, -0.2) is 0 Å². The van der Waals surface area contributed by atoms with Gasteiger partial charge < -0.3 is 16.4 Å². The minimum absolute atomic E-state index is 0.0447. The fraction of sp³-hybridized carbons (Fsp3) is 0.250. The van der Waals surface area contributed by atoms with Crippen LogP contribution in [0.5, 0.6) is 0 Å². The molecule has 110 valence electrons. The molecule has 0 bridgehead atoms. The van der Waals surface area contributed by atoms with E-state index in [1.54, 1.807) is 30.3 Å². The molecule has 2 amide bonds. The quantitative estimate of drug-likeness (QED) is 0.716. The number of nitrogens with two attached hydrogens (primary N) is 1. The SMILES string of the molecule is C=CCNC(=O)c1ccc(NC(=O)C2C=CC(N)C2)cc1. The lowest BCUT2D eigenvalue weighted by atomic mass is 10.1. The Morgan fingerprint density at radius 3 is 2.57 bits per heavy atom. The largest absolute Gasteiger partial charge is 0.349 e. The minimum Gasteiger partial charge on any atom is -0.349 e. The van der Waals surface area contributed by atoms with Gasteiger partial charge in [0.25, 0.3) is 5.91 Å². The number of rotatable bonds is 5. The van der Waals surface area contributed by atoms with Gasteiger partial charge in [-0.15, -0.1) is 6.58 Å². The van der Waals surface area contributed by atoms with Crippen molar-refractivity contribution in [2.24, 2.45) is 11.7 Å². The minimum atomic E-state index is -0.185. The van der Waals surface area contributed by atoms with E-state index in [9.17, 15) is 9.59 Å². The van der Waals surface area contributed by atoms with Crippen LogP contribution in [0.25, 0.3) is 0 Å². The van der Waals surface area contributed by atoms with Gasteiger partial charge in [0.2, 0.25) is 5.91 Å². The van der Waals surface area contributed by atoms with E-state index in [1.807, 2.05) is 12.2 Å². The lowest BCUT2D eigenvalue weighted by Gasteiger charge is -2.11. The highest BCUT2D eigenvalue weighted by molar-refractivity contribution is 5.96. The molecule has 0 radical (unpaired) electrons. The predicted octanol–water partition coefficient (Wildman–Crippen LogP) is 1.44. The smallest absolute Gasteiger partial charge is 0.251 e. The first-order chi connectivity index (χ1) is 10.1. The number of carbonyl (C=O) groups excluding carboxylic acids is 2. The lowest BCUT2D eigenvalue weighted by molar-refractivity contribution is -0.118. The van der Waals surface area contributed by atoms with Crippen molar-refractivity contribution in [1.29, 1.82) is 0 Å². The summed E-state index contributed by atoms with van der Waals surface area (Å²) in [6, 6.07) is 6.71. The van der Waals surface area contributed by atoms with Crippen LogP contribution in [0.2, 0.25) is 0 Å². The monoisotopic (exact) mass is 285 g/mol. The Kier molecular flexibility index (Phi) is 4.90. The van der Waals surface area contributed by atoms with Crippen molar-refractivity contribution in [3.63, 3.8) is 0 Å². The molecule has 0 aliphatic heterocycles. The van der Waals surface area contributed by atoms with Crippen molar-refractivity contribution in [3.05, 3.63) is 54.6 Å². The van der Waals surface area contributed by atoms with Gasteiger partial charge in [0, 0.05) is 23.8 Å². The number of hydrogen-bond acceptors (Lipinski definition) is 3. The molecular weight excluding hydrogens is 266 g/mol. The molecule has 5 nitrogen and oxygen atoms in total. The number of anilines is 1. The molecule has 0 fully saturated rings. The Hall–Kier alpha value is -2.40. The first-order valence-corrected chi connectivity index (χ1v) is 6.84. The molecule has 2 rings (SSSR count). The average molecular weight is 285 g/mol. The van der Waals surface area contributed by atoms with Crippen LogP contribution in [0.4, 0.5) is 5.69 Å². The summed E-state index contributed by atoms with van der Waals surface area (Å²) in [5, 5.41) is 5.51. The Labute approximate surface area is 123 Å². The highest BCUT2D eigenvalue weighted by atomic mass is 16.2. The van der Waals surface area contributed by atoms with E-state index in [-0.39, 0.29) is 23.8 Å². The first kappa shape index (κ1) is 15.0. The average Bonchev–Trinajstić information content (AvgIpc) is 2.92. The Morgan fingerprint density at radius 1 is 1.29 bits per heavy atom. The molecule has 0 spiro atoms. The predicted molar refractivity (Wildman–Crippen MR) is 82.8 cm³/mol. The molecule has 0 aromatic heterocycles. The summed E-state index contributed by atoms with van der Waals surface area (Å²) >= 11 is 0. The molecule has 1 aliphatic carbocycles. The van der Waals surface area contributed by atoms with E-state index in [0.29, 0.717) is 24.2 Å². The van der Waals surface area contributed by atoms with Gasteiger partial charge in [-0.1, -0.05) is 18.2 Å². The topological polar surface area (TPSA) is 84.2 Å². The zero-order valence-electron chi connectivity index (χ0n) is 11.7. The zero-order chi connectivity index (χ0) is 15.2. The normalized spacial score (nSPS) is 20.0. The number of benzene rings is 1. The van der Waals surface area contributed by atoms with Gasteiger partial charge in [-0.05, 0) is 30.7 Å². The van der Waals surface area contributed by atoms with Crippen molar-refractivity contribution in [2.75, 3.05) is 11.9 Å². The fourth-order valence-electron chi connectivity index (χ4n) is 2.13. The fourth-order valence-corrected chi connectivity index (χ4v) is 2.13. The molecule has 21 heavy (non-hydrogen) atoms. The molecule has 0 heterocycles. The Bertz CT molecular complexity index is 563. The molecular formula is C16H19N3O2. The van der Waals surface area contributed by atoms with Gasteiger partial charge in [-0.3, -0.25) is 9.59 Å². The van der Waals surface area contributed by atoms with Crippen molar-refractivity contribution < 1.29 is 9.59 Å². The molecule has 1 aromatic carbocycles. The number of amides is 2. The second-order valence-electron chi connectivity index (χ2n) is 4.96. The molecule has 2 atom stereocenters. The maximum atomic E-state index is 12.0. The van der Waals surface area contributed by atoms with E-state index in [0.717, 1.165) is 0 Å². The van der Waals surface area contributed by atoms with Crippen LogP contribution in [0.1, 0.15) is 16.8 Å². The highest BCUT2D eigenvalue weighted by Gasteiger charge is 2.22. The van der Waals surface area contributed by atoms with Crippen LogP contribution < -0.4 is 16.4 Å². The third-order valence-corrected chi connectivity index (χ3v) is 3.28. The molecule has 0 saturated heterocycles. The molecule has 1 aliphatic rings. The Morgan fingerprint density at radius 2 is 2.00 bits per heavy atom. The van der Waals surface area contributed by atoms with Crippen LogP contribution in [0.3, 0.4) is 0 Å². The van der Waals surface area contributed by atoms with Crippen molar-refractivity contribution in [3.8, 4) is 0 Å². The van der Waals surface area contributed by atoms with Crippen LogP contribution >= 0.6 is 0 Å². The molecule has 1 aromatic rings. The molecule has 2 unspecified atom stereocenters. The van der Waals surface area contributed by atoms with Crippen molar-refractivity contribution >= 4 is 17.5 Å². The maximum Gasteiger partial charge on any atom is 0.251 e. The maximum absolute atomic E-state index is 12.0. The third kappa shape index (κ3) is 4.03. The summed E-state index contributed by atoms with van der Waals surface area (Å²) in [4.78, 5) is 23.7. The summed E-state index contributed by atoms with van der Waals surface area (Å²) in [5.74, 6) is -0.434. The van der Waals surface area contributed by atoms with E-state index < -0.39 is 0 Å². The van der Waals surface area contributed by atoms with E-state index in [4.69, 9.17) is 5.73 Å². The molecule has 5 heteroatoms. The van der Waals surface area contributed by atoms with Crippen LogP contribution in [-0.2, 0) is 4.79 Å². The van der Waals surface area contributed by atoms with Crippen LogP contribution in [0.15, 0.2) is 49.1 Å². The number of hydrogen-bond donors (Lipinski definition) is 3. The van der Waals surface area contributed by atoms with Gasteiger partial charge in [0.1, 0.15) is 0 Å². The van der Waals surface area contributed by atoms with Gasteiger partial charge >= 0.3 is 0 Å². The third-order valence-electron chi connectivity index (χ3n) is 3.28. The van der Waals surface area contributed by atoms with Crippen LogP contribution in [-0.4, -0.2) is 24.4 Å². The number of nitrogens with one attached hydrogen (secondary N) is 2. The first-order valence-electron chi connectivity index (χ1n) is 6.84. The standard InChI is InChI=1S/C16H19N3O2/c1-2-9-18-15(20)11-4-7-14(8-5-11)19-16(21)12-3-6-13(17)10-12/h2-8,12-13H,1,9-10,17H2,(H,18,20)(H,19,21). The van der Waals surface area contributed by atoms with Gasteiger partial charge in [0.05, 0.1) is 5.92 Å². The van der Waals surface area contributed by atoms with Gasteiger partial charge in [0.15, 0.2) is 0 Å². The zero-order valence-corrected chi connectivity index (χ0v) is 11.7. The molecule has 0 saturated carbocycles. The summed E-state index contributed by atoms with van der Waals surface area (Å²) in [6.07, 6.45) is 5.93. The van der Waals surface area contributed by atoms with Crippen LogP contribution in [0, 0.1) is 5.92 Å². The lowest BCUT2D eigenvalue weighted by Crippen LogP contribution is -2.24. The summed E-state index contributed by atoms with van der Waals surface area (Å²) in [6.45, 7) is 3.96.